The van der Waals surface area contributed by atoms with Crippen LogP contribution in [0.3, 0.4) is 0 Å². The lowest BCUT2D eigenvalue weighted by molar-refractivity contribution is -0.124. The number of carbonyl (C=O) groups is 2. The number of carbonyl (C=O) groups excluding carboxylic acids is 2. The molecule has 1 atom stereocenters. The van der Waals surface area contributed by atoms with Crippen molar-refractivity contribution in [3.8, 4) is 11.5 Å². The second-order valence-corrected chi connectivity index (χ2v) is 8.75. The van der Waals surface area contributed by atoms with E-state index in [4.69, 9.17) is 9.47 Å². The van der Waals surface area contributed by atoms with Gasteiger partial charge in [0.05, 0.1) is 14.2 Å². The molecule has 0 aliphatic carbocycles. The molecule has 0 bridgehead atoms. The summed E-state index contributed by atoms with van der Waals surface area (Å²) in [6.45, 7) is 8.98. The molecule has 2 N–H and O–H groups in total. The minimum Gasteiger partial charge on any atom is -0.497 e. The van der Waals surface area contributed by atoms with Crippen LogP contribution in [0.25, 0.3) is 0 Å². The van der Waals surface area contributed by atoms with Crippen LogP contribution in [0.5, 0.6) is 11.5 Å². The SMILES string of the molecule is COc1cc(OC)cc(C(=O)NC(C(=O)NCCN2CCN(c3ccccc3)CC2)C(C)C)c1. The van der Waals surface area contributed by atoms with Gasteiger partial charge in [-0.15, -0.1) is 0 Å². The van der Waals surface area contributed by atoms with Gasteiger partial charge in [0.25, 0.3) is 5.91 Å². The first-order valence-electron chi connectivity index (χ1n) is 11.7. The summed E-state index contributed by atoms with van der Waals surface area (Å²) in [5.74, 6) is 0.444. The van der Waals surface area contributed by atoms with Crippen LogP contribution < -0.4 is 25.0 Å². The number of benzene rings is 2. The van der Waals surface area contributed by atoms with E-state index < -0.39 is 6.04 Å². The number of nitrogens with zero attached hydrogens (tertiary/aromatic N) is 2. The fourth-order valence-corrected chi connectivity index (χ4v) is 4.01. The summed E-state index contributed by atoms with van der Waals surface area (Å²) in [6, 6.07) is 14.7. The van der Waals surface area contributed by atoms with Crippen molar-refractivity contribution in [3.63, 3.8) is 0 Å². The van der Waals surface area contributed by atoms with E-state index in [-0.39, 0.29) is 17.7 Å². The number of amides is 2. The summed E-state index contributed by atoms with van der Waals surface area (Å²) in [4.78, 5) is 30.5. The van der Waals surface area contributed by atoms with Crippen molar-refractivity contribution < 1.29 is 19.1 Å². The highest BCUT2D eigenvalue weighted by molar-refractivity contribution is 5.98. The standard InChI is InChI=1S/C26H36N4O4/c1-19(2)24(28-25(31)20-16-22(33-3)18-23(17-20)34-4)26(32)27-10-11-29-12-14-30(15-13-29)21-8-6-5-7-9-21/h5-9,16-19,24H,10-15H2,1-4H3,(H,27,32)(H,28,31). The molecule has 0 saturated carbocycles. The molecule has 8 nitrogen and oxygen atoms in total. The molecule has 0 radical (unpaired) electrons. The van der Waals surface area contributed by atoms with Gasteiger partial charge in [0.15, 0.2) is 0 Å². The van der Waals surface area contributed by atoms with E-state index in [0.717, 1.165) is 32.7 Å². The van der Waals surface area contributed by atoms with Crippen molar-refractivity contribution in [2.75, 3.05) is 58.4 Å². The maximum Gasteiger partial charge on any atom is 0.252 e. The number of para-hydroxylation sites is 1. The predicted molar refractivity (Wildman–Crippen MR) is 134 cm³/mol. The topological polar surface area (TPSA) is 83.1 Å². The molecule has 3 rings (SSSR count). The number of piperazine rings is 1. The Morgan fingerprint density at radius 2 is 1.56 bits per heavy atom. The Balaban J connectivity index is 1.48. The summed E-state index contributed by atoms with van der Waals surface area (Å²) in [5.41, 5.74) is 1.63. The number of rotatable bonds is 10. The van der Waals surface area contributed by atoms with Crippen LogP contribution in [-0.2, 0) is 4.79 Å². The van der Waals surface area contributed by atoms with Gasteiger partial charge in [0.2, 0.25) is 5.91 Å². The molecule has 184 valence electrons. The number of hydrogen-bond acceptors (Lipinski definition) is 6. The lowest BCUT2D eigenvalue weighted by Gasteiger charge is -2.36. The number of ether oxygens (including phenoxy) is 2. The first-order valence-corrected chi connectivity index (χ1v) is 11.7. The van der Waals surface area contributed by atoms with Crippen LogP contribution in [0, 0.1) is 5.92 Å². The van der Waals surface area contributed by atoms with Gasteiger partial charge in [-0.1, -0.05) is 32.0 Å². The summed E-state index contributed by atoms with van der Waals surface area (Å²) < 4.78 is 10.5. The minimum absolute atomic E-state index is 0.0640. The van der Waals surface area contributed by atoms with Crippen LogP contribution in [0.4, 0.5) is 5.69 Å². The summed E-state index contributed by atoms with van der Waals surface area (Å²) in [7, 11) is 3.06. The van der Waals surface area contributed by atoms with Gasteiger partial charge in [-0.05, 0) is 30.2 Å². The molecule has 1 aliphatic rings. The quantitative estimate of drug-likeness (QED) is 0.557. The zero-order valence-electron chi connectivity index (χ0n) is 20.5. The van der Waals surface area contributed by atoms with Gasteiger partial charge in [-0.25, -0.2) is 0 Å². The van der Waals surface area contributed by atoms with Crippen molar-refractivity contribution in [3.05, 3.63) is 54.1 Å². The molecule has 2 aromatic rings. The van der Waals surface area contributed by atoms with Crippen molar-refractivity contribution in [1.82, 2.24) is 15.5 Å². The maximum absolute atomic E-state index is 12.9. The molecule has 1 saturated heterocycles. The lowest BCUT2D eigenvalue weighted by Crippen LogP contribution is -2.52. The summed E-state index contributed by atoms with van der Waals surface area (Å²) in [6.07, 6.45) is 0. The molecule has 2 amide bonds. The second kappa shape index (κ2) is 12.3. The third-order valence-electron chi connectivity index (χ3n) is 6.07. The summed E-state index contributed by atoms with van der Waals surface area (Å²) in [5, 5.41) is 5.86. The molecular weight excluding hydrogens is 432 g/mol. The Labute approximate surface area is 202 Å². The van der Waals surface area contributed by atoms with Crippen LogP contribution in [-0.4, -0.2) is 76.2 Å². The molecule has 8 heteroatoms. The molecule has 1 unspecified atom stereocenters. The van der Waals surface area contributed by atoms with Crippen LogP contribution in [0.2, 0.25) is 0 Å². The summed E-state index contributed by atoms with van der Waals surface area (Å²) >= 11 is 0. The number of hydrogen-bond donors (Lipinski definition) is 2. The van der Waals surface area contributed by atoms with Crippen molar-refractivity contribution in [2.45, 2.75) is 19.9 Å². The average molecular weight is 469 g/mol. The molecule has 1 heterocycles. The van der Waals surface area contributed by atoms with Gasteiger partial charge in [0.1, 0.15) is 17.5 Å². The molecule has 2 aromatic carbocycles. The predicted octanol–water partition coefficient (Wildman–Crippen LogP) is 2.40. The van der Waals surface area contributed by atoms with Gasteiger partial charge in [0, 0.05) is 56.6 Å². The zero-order chi connectivity index (χ0) is 24.5. The van der Waals surface area contributed by atoms with E-state index in [1.54, 1.807) is 18.2 Å². The second-order valence-electron chi connectivity index (χ2n) is 8.75. The largest absolute Gasteiger partial charge is 0.497 e. The van der Waals surface area contributed by atoms with E-state index >= 15 is 0 Å². The first-order chi connectivity index (χ1) is 16.4. The van der Waals surface area contributed by atoms with E-state index in [1.165, 1.54) is 19.9 Å². The highest BCUT2D eigenvalue weighted by atomic mass is 16.5. The number of methoxy groups -OCH3 is 2. The Morgan fingerprint density at radius 3 is 2.12 bits per heavy atom. The van der Waals surface area contributed by atoms with Gasteiger partial charge in [-0.2, -0.15) is 0 Å². The van der Waals surface area contributed by atoms with Crippen molar-refractivity contribution in [1.29, 1.82) is 0 Å². The number of nitrogens with one attached hydrogen (secondary N) is 2. The maximum atomic E-state index is 12.9. The van der Waals surface area contributed by atoms with Gasteiger partial charge in [-0.3, -0.25) is 14.5 Å². The van der Waals surface area contributed by atoms with E-state index in [0.29, 0.717) is 23.6 Å². The highest BCUT2D eigenvalue weighted by Gasteiger charge is 2.25. The third kappa shape index (κ3) is 6.87. The fourth-order valence-electron chi connectivity index (χ4n) is 4.01. The Hall–Kier alpha value is -3.26. The molecule has 1 fully saturated rings. The van der Waals surface area contributed by atoms with Crippen molar-refractivity contribution >= 4 is 17.5 Å². The molecule has 0 aromatic heterocycles. The fraction of sp³-hybridized carbons (Fsp3) is 0.462. The third-order valence-corrected chi connectivity index (χ3v) is 6.07. The highest BCUT2D eigenvalue weighted by Crippen LogP contribution is 2.22. The normalized spacial score (nSPS) is 15.0. The Kier molecular flexibility index (Phi) is 9.16. The number of anilines is 1. The van der Waals surface area contributed by atoms with Crippen LogP contribution >= 0.6 is 0 Å². The van der Waals surface area contributed by atoms with E-state index in [2.05, 4.69) is 44.7 Å². The minimum atomic E-state index is -0.639. The van der Waals surface area contributed by atoms with Crippen LogP contribution in [0.1, 0.15) is 24.2 Å². The molecule has 1 aliphatic heterocycles. The van der Waals surface area contributed by atoms with E-state index in [1.807, 2.05) is 19.9 Å². The average Bonchev–Trinajstić information content (AvgIpc) is 2.87. The van der Waals surface area contributed by atoms with Gasteiger partial charge < -0.3 is 25.0 Å². The smallest absolute Gasteiger partial charge is 0.252 e. The van der Waals surface area contributed by atoms with Crippen LogP contribution in [0.15, 0.2) is 48.5 Å². The van der Waals surface area contributed by atoms with Crippen molar-refractivity contribution in [2.24, 2.45) is 5.92 Å². The lowest BCUT2D eigenvalue weighted by atomic mass is 10.0. The zero-order valence-corrected chi connectivity index (χ0v) is 20.5. The molecule has 34 heavy (non-hydrogen) atoms. The Morgan fingerprint density at radius 1 is 0.941 bits per heavy atom. The molecular formula is C26H36N4O4. The molecule has 0 spiro atoms. The monoisotopic (exact) mass is 468 g/mol. The van der Waals surface area contributed by atoms with E-state index in [9.17, 15) is 9.59 Å². The van der Waals surface area contributed by atoms with Gasteiger partial charge >= 0.3 is 0 Å². The first kappa shape index (κ1) is 25.4. The Bertz CT molecular complexity index is 921.